The van der Waals surface area contributed by atoms with Crippen LogP contribution in [0.1, 0.15) is 27.0 Å². The Labute approximate surface area is 178 Å². The molecule has 0 saturated heterocycles. The number of hydrogen-bond donors (Lipinski definition) is 1. The van der Waals surface area contributed by atoms with Crippen molar-refractivity contribution in [2.75, 3.05) is 0 Å². The molecule has 0 unspecified atom stereocenters. The Morgan fingerprint density at radius 1 is 1.07 bits per heavy atom. The summed E-state index contributed by atoms with van der Waals surface area (Å²) in [6, 6.07) is 24.5. The van der Waals surface area contributed by atoms with E-state index >= 15 is 0 Å². The molecule has 0 aliphatic carbocycles. The standard InChI is InChI=1S/C24H17ClN4O/c25-22-11-5-3-10-21(22)24(30)28-27-14-19-16-29(23-12-6-4-9-20(19)23)15-18-8-2-1-7-17(18)13-26/h1-12,14,16H,15H2,(H,28,30)/b27-14-. The summed E-state index contributed by atoms with van der Waals surface area (Å²) in [5.41, 5.74) is 6.36. The highest BCUT2D eigenvalue weighted by atomic mass is 35.5. The van der Waals surface area contributed by atoms with Crippen molar-refractivity contribution in [3.8, 4) is 6.07 Å². The fourth-order valence-electron chi connectivity index (χ4n) is 3.33. The quantitative estimate of drug-likeness (QED) is 0.371. The summed E-state index contributed by atoms with van der Waals surface area (Å²) in [7, 11) is 0. The van der Waals surface area contributed by atoms with Gasteiger partial charge in [0, 0.05) is 29.2 Å². The summed E-state index contributed by atoms with van der Waals surface area (Å²) >= 11 is 6.06. The molecule has 1 N–H and O–H groups in total. The summed E-state index contributed by atoms with van der Waals surface area (Å²) in [6.45, 7) is 0.560. The molecule has 0 atom stereocenters. The van der Waals surface area contributed by atoms with Crippen molar-refractivity contribution < 1.29 is 4.79 Å². The third-order valence-electron chi connectivity index (χ3n) is 4.79. The SMILES string of the molecule is N#Cc1ccccc1Cn1cc(/C=N\NC(=O)c2ccccc2Cl)c2ccccc21. The maximum absolute atomic E-state index is 12.3. The van der Waals surface area contributed by atoms with E-state index in [4.69, 9.17) is 11.6 Å². The largest absolute Gasteiger partial charge is 0.342 e. The van der Waals surface area contributed by atoms with E-state index in [2.05, 4.69) is 21.2 Å². The summed E-state index contributed by atoms with van der Waals surface area (Å²) in [6.07, 6.45) is 3.58. The molecule has 4 rings (SSSR count). The van der Waals surface area contributed by atoms with E-state index < -0.39 is 0 Å². The number of hydrogen-bond acceptors (Lipinski definition) is 3. The van der Waals surface area contributed by atoms with E-state index in [0.29, 0.717) is 22.7 Å². The monoisotopic (exact) mass is 412 g/mol. The Bertz CT molecular complexity index is 1300. The van der Waals surface area contributed by atoms with Gasteiger partial charge in [-0.2, -0.15) is 10.4 Å². The molecule has 30 heavy (non-hydrogen) atoms. The normalized spacial score (nSPS) is 10.9. The van der Waals surface area contributed by atoms with Gasteiger partial charge in [0.25, 0.3) is 5.91 Å². The van der Waals surface area contributed by atoms with Gasteiger partial charge in [-0.1, -0.05) is 60.1 Å². The zero-order valence-electron chi connectivity index (χ0n) is 15.9. The van der Waals surface area contributed by atoms with Crippen LogP contribution >= 0.6 is 11.6 Å². The number of carbonyl (C=O) groups is 1. The van der Waals surface area contributed by atoms with E-state index in [9.17, 15) is 10.1 Å². The summed E-state index contributed by atoms with van der Waals surface area (Å²) in [4.78, 5) is 12.3. The number of carbonyl (C=O) groups excluding carboxylic acids is 1. The lowest BCUT2D eigenvalue weighted by Crippen LogP contribution is -2.17. The fraction of sp³-hybridized carbons (Fsp3) is 0.0417. The number of aromatic nitrogens is 1. The molecule has 0 aliphatic rings. The van der Waals surface area contributed by atoms with Crippen LogP contribution in [0.2, 0.25) is 5.02 Å². The molecule has 1 aromatic heterocycles. The average molecular weight is 413 g/mol. The third-order valence-corrected chi connectivity index (χ3v) is 5.12. The second-order valence-electron chi connectivity index (χ2n) is 6.68. The van der Waals surface area contributed by atoms with Crippen LogP contribution in [0.5, 0.6) is 0 Å². The van der Waals surface area contributed by atoms with Crippen LogP contribution < -0.4 is 5.43 Å². The number of benzene rings is 3. The second kappa shape index (κ2) is 8.64. The van der Waals surface area contributed by atoms with Gasteiger partial charge in [-0.25, -0.2) is 5.43 Å². The molecular formula is C24H17ClN4O. The van der Waals surface area contributed by atoms with Gasteiger partial charge < -0.3 is 4.57 Å². The minimum atomic E-state index is -0.372. The molecule has 0 saturated carbocycles. The van der Waals surface area contributed by atoms with Gasteiger partial charge in [-0.15, -0.1) is 0 Å². The van der Waals surface area contributed by atoms with E-state index in [-0.39, 0.29) is 5.91 Å². The molecule has 4 aromatic rings. The van der Waals surface area contributed by atoms with Gasteiger partial charge in [-0.3, -0.25) is 4.79 Å². The van der Waals surface area contributed by atoms with Gasteiger partial charge in [0.05, 0.1) is 28.4 Å². The average Bonchev–Trinajstić information content (AvgIpc) is 3.12. The number of halogens is 1. The molecule has 6 heteroatoms. The van der Waals surface area contributed by atoms with E-state index in [0.717, 1.165) is 22.0 Å². The number of amides is 1. The maximum atomic E-state index is 12.3. The Kier molecular flexibility index (Phi) is 5.60. The Morgan fingerprint density at radius 2 is 1.80 bits per heavy atom. The first-order valence-electron chi connectivity index (χ1n) is 9.31. The molecule has 0 radical (unpaired) electrons. The van der Waals surface area contributed by atoms with Crippen molar-refractivity contribution in [3.63, 3.8) is 0 Å². The van der Waals surface area contributed by atoms with Crippen molar-refractivity contribution >= 4 is 34.6 Å². The Morgan fingerprint density at radius 3 is 2.63 bits per heavy atom. The maximum Gasteiger partial charge on any atom is 0.272 e. The number of para-hydroxylation sites is 1. The van der Waals surface area contributed by atoms with Crippen molar-refractivity contribution in [2.24, 2.45) is 5.10 Å². The number of nitriles is 1. The summed E-state index contributed by atoms with van der Waals surface area (Å²) < 4.78 is 2.07. The number of hydrazone groups is 1. The lowest BCUT2D eigenvalue weighted by atomic mass is 10.1. The third kappa shape index (κ3) is 3.95. The second-order valence-corrected chi connectivity index (χ2v) is 7.08. The molecule has 3 aromatic carbocycles. The first kappa shape index (κ1) is 19.4. The van der Waals surface area contributed by atoms with Gasteiger partial charge in [-0.05, 0) is 29.8 Å². The van der Waals surface area contributed by atoms with Crippen LogP contribution in [0.25, 0.3) is 10.9 Å². The highest BCUT2D eigenvalue weighted by Crippen LogP contribution is 2.22. The number of rotatable bonds is 5. The van der Waals surface area contributed by atoms with Gasteiger partial charge in [0.15, 0.2) is 0 Å². The first-order chi connectivity index (χ1) is 14.7. The molecule has 1 amide bonds. The molecule has 0 bridgehead atoms. The fourth-order valence-corrected chi connectivity index (χ4v) is 3.55. The predicted molar refractivity (Wildman–Crippen MR) is 119 cm³/mol. The van der Waals surface area contributed by atoms with Gasteiger partial charge >= 0.3 is 0 Å². The lowest BCUT2D eigenvalue weighted by molar-refractivity contribution is 0.0955. The number of fused-ring (bicyclic) bond motifs is 1. The summed E-state index contributed by atoms with van der Waals surface area (Å²) in [5, 5.41) is 14.9. The van der Waals surface area contributed by atoms with Gasteiger partial charge in [0.2, 0.25) is 0 Å². The molecule has 5 nitrogen and oxygen atoms in total. The van der Waals surface area contributed by atoms with Crippen LogP contribution in [0.4, 0.5) is 0 Å². The first-order valence-corrected chi connectivity index (χ1v) is 9.69. The smallest absolute Gasteiger partial charge is 0.272 e. The zero-order valence-corrected chi connectivity index (χ0v) is 16.7. The molecule has 0 fully saturated rings. The van der Waals surface area contributed by atoms with Crippen molar-refractivity contribution in [2.45, 2.75) is 6.54 Å². The van der Waals surface area contributed by atoms with Crippen LogP contribution in [0.3, 0.4) is 0 Å². The summed E-state index contributed by atoms with van der Waals surface area (Å²) in [5.74, 6) is -0.372. The number of nitrogens with zero attached hydrogens (tertiary/aromatic N) is 3. The van der Waals surface area contributed by atoms with Crippen LogP contribution in [0.15, 0.2) is 84.1 Å². The minimum absolute atomic E-state index is 0.367. The molecule has 0 spiro atoms. The van der Waals surface area contributed by atoms with Crippen molar-refractivity contribution in [3.05, 3.63) is 106 Å². The zero-order chi connectivity index (χ0) is 20.9. The Hall–Kier alpha value is -3.88. The van der Waals surface area contributed by atoms with E-state index in [1.807, 2.05) is 54.7 Å². The minimum Gasteiger partial charge on any atom is -0.342 e. The van der Waals surface area contributed by atoms with Crippen LogP contribution in [-0.2, 0) is 6.54 Å². The van der Waals surface area contributed by atoms with Gasteiger partial charge in [0.1, 0.15) is 0 Å². The highest BCUT2D eigenvalue weighted by molar-refractivity contribution is 6.33. The molecule has 1 heterocycles. The molecular weight excluding hydrogens is 396 g/mol. The van der Waals surface area contributed by atoms with E-state index in [1.54, 1.807) is 30.5 Å². The topological polar surface area (TPSA) is 70.2 Å². The predicted octanol–water partition coefficient (Wildman–Crippen LogP) is 4.98. The van der Waals surface area contributed by atoms with Crippen LogP contribution in [0, 0.1) is 11.3 Å². The van der Waals surface area contributed by atoms with E-state index in [1.165, 1.54) is 0 Å². The molecule has 146 valence electrons. The highest BCUT2D eigenvalue weighted by Gasteiger charge is 2.10. The lowest BCUT2D eigenvalue weighted by Gasteiger charge is -2.07. The van der Waals surface area contributed by atoms with Crippen molar-refractivity contribution in [1.82, 2.24) is 9.99 Å². The van der Waals surface area contributed by atoms with Crippen LogP contribution in [-0.4, -0.2) is 16.7 Å². The molecule has 0 aliphatic heterocycles. The number of nitrogens with one attached hydrogen (secondary N) is 1. The van der Waals surface area contributed by atoms with Crippen molar-refractivity contribution in [1.29, 1.82) is 5.26 Å². The Balaban J connectivity index is 1.61.